The molecule has 2 aromatic heterocycles. The Morgan fingerprint density at radius 2 is 2.00 bits per heavy atom. The highest BCUT2D eigenvalue weighted by Crippen LogP contribution is 2.25. The zero-order valence-corrected chi connectivity index (χ0v) is 17.5. The van der Waals surface area contributed by atoms with Crippen molar-refractivity contribution in [1.29, 1.82) is 0 Å². The van der Waals surface area contributed by atoms with Crippen molar-refractivity contribution in [2.75, 3.05) is 11.9 Å². The van der Waals surface area contributed by atoms with Crippen LogP contribution in [-0.4, -0.2) is 27.6 Å². The summed E-state index contributed by atoms with van der Waals surface area (Å²) in [5, 5.41) is 8.93. The van der Waals surface area contributed by atoms with E-state index in [4.69, 9.17) is 9.26 Å². The highest BCUT2D eigenvalue weighted by Gasteiger charge is 2.13. The average molecular weight is 438 g/mol. The van der Waals surface area contributed by atoms with Crippen molar-refractivity contribution >= 4 is 22.4 Å². The molecule has 0 aliphatic carbocycles. The quantitative estimate of drug-likeness (QED) is 0.418. The molecule has 0 atom stereocenters. The molecule has 1 N–H and O–H groups in total. The fourth-order valence-corrected chi connectivity index (χ4v) is 3.59. The number of rotatable bonds is 8. The van der Waals surface area contributed by atoms with Gasteiger partial charge in [0, 0.05) is 29.3 Å². The van der Waals surface area contributed by atoms with Crippen molar-refractivity contribution in [2.24, 2.45) is 0 Å². The number of amides is 1. The fourth-order valence-electron chi connectivity index (χ4n) is 2.85. The monoisotopic (exact) mass is 438 g/mol. The molecule has 2 aromatic carbocycles. The zero-order chi connectivity index (χ0) is 21.6. The van der Waals surface area contributed by atoms with E-state index in [0.29, 0.717) is 41.1 Å². The Kier molecular flexibility index (Phi) is 6.32. The van der Waals surface area contributed by atoms with E-state index in [9.17, 15) is 9.18 Å². The first-order valence-electron chi connectivity index (χ1n) is 9.68. The van der Waals surface area contributed by atoms with E-state index in [1.807, 2.05) is 31.2 Å². The van der Waals surface area contributed by atoms with Crippen molar-refractivity contribution in [3.63, 3.8) is 0 Å². The number of benzene rings is 2. The number of thiazole rings is 1. The topological polar surface area (TPSA) is 90.1 Å². The molecule has 0 radical (unpaired) electrons. The number of nitrogens with zero attached hydrogens (tertiary/aromatic N) is 3. The Labute approximate surface area is 181 Å². The van der Waals surface area contributed by atoms with Crippen molar-refractivity contribution in [3.8, 4) is 28.4 Å². The number of carbonyl (C=O) groups is 1. The van der Waals surface area contributed by atoms with Crippen LogP contribution < -0.4 is 10.1 Å². The van der Waals surface area contributed by atoms with E-state index >= 15 is 0 Å². The average Bonchev–Trinajstić information content (AvgIpc) is 3.43. The molecule has 0 unspecified atom stereocenters. The molecular formula is C22H19FN4O3S. The molecule has 4 aromatic rings. The number of anilines is 1. The van der Waals surface area contributed by atoms with E-state index in [1.54, 1.807) is 17.5 Å². The van der Waals surface area contributed by atoms with Crippen molar-refractivity contribution in [2.45, 2.75) is 19.8 Å². The molecular weight excluding hydrogens is 419 g/mol. The first kappa shape index (κ1) is 20.7. The molecule has 0 aliphatic heterocycles. The number of aromatic nitrogens is 3. The lowest BCUT2D eigenvalue weighted by Crippen LogP contribution is -2.12. The van der Waals surface area contributed by atoms with Crippen LogP contribution in [0.25, 0.3) is 22.6 Å². The number of hydrogen-bond acceptors (Lipinski definition) is 7. The minimum atomic E-state index is -0.333. The van der Waals surface area contributed by atoms with E-state index in [-0.39, 0.29) is 18.1 Å². The first-order valence-corrected chi connectivity index (χ1v) is 10.6. The zero-order valence-electron chi connectivity index (χ0n) is 16.7. The Morgan fingerprint density at radius 1 is 1.16 bits per heavy atom. The molecule has 0 aliphatic rings. The largest absolute Gasteiger partial charge is 0.494 e. The Balaban J connectivity index is 1.31. The van der Waals surface area contributed by atoms with Gasteiger partial charge in [-0.05, 0) is 43.3 Å². The Hall–Kier alpha value is -3.59. The summed E-state index contributed by atoms with van der Waals surface area (Å²) >= 11 is 1.28. The summed E-state index contributed by atoms with van der Waals surface area (Å²) in [6, 6.07) is 13.5. The molecule has 7 nitrogen and oxygen atoms in total. The highest BCUT2D eigenvalue weighted by molar-refractivity contribution is 7.14. The van der Waals surface area contributed by atoms with Gasteiger partial charge in [-0.1, -0.05) is 17.3 Å². The van der Waals surface area contributed by atoms with Crippen LogP contribution in [0.2, 0.25) is 0 Å². The van der Waals surface area contributed by atoms with E-state index in [1.165, 1.54) is 23.5 Å². The standard InChI is InChI=1S/C22H19FN4O3S/c1-2-29-17-8-6-14(7-9-17)21-26-20(30-27-21)11-10-19(28)25-22-24-18(13-31-22)15-4-3-5-16(23)12-15/h3-9,12-13H,2,10-11H2,1H3,(H,24,25,28). The van der Waals surface area contributed by atoms with Crippen LogP contribution in [0.5, 0.6) is 5.75 Å². The van der Waals surface area contributed by atoms with Crippen LogP contribution in [0.1, 0.15) is 19.2 Å². The van der Waals surface area contributed by atoms with Crippen LogP contribution in [0.4, 0.5) is 9.52 Å². The maximum Gasteiger partial charge on any atom is 0.227 e. The lowest BCUT2D eigenvalue weighted by Gasteiger charge is -2.02. The minimum Gasteiger partial charge on any atom is -0.494 e. The third kappa shape index (κ3) is 5.32. The van der Waals surface area contributed by atoms with Gasteiger partial charge in [-0.25, -0.2) is 9.37 Å². The van der Waals surface area contributed by atoms with Gasteiger partial charge < -0.3 is 14.6 Å². The van der Waals surface area contributed by atoms with Crippen LogP contribution >= 0.6 is 11.3 Å². The van der Waals surface area contributed by atoms with Crippen LogP contribution in [-0.2, 0) is 11.2 Å². The number of halogens is 1. The molecule has 158 valence electrons. The van der Waals surface area contributed by atoms with Gasteiger partial charge in [0.1, 0.15) is 11.6 Å². The predicted octanol–water partition coefficient (Wildman–Crippen LogP) is 4.97. The van der Waals surface area contributed by atoms with Gasteiger partial charge in [0.25, 0.3) is 0 Å². The number of nitrogens with one attached hydrogen (secondary N) is 1. The maximum atomic E-state index is 13.4. The van der Waals surface area contributed by atoms with Crippen molar-refractivity contribution < 1.29 is 18.4 Å². The molecule has 2 heterocycles. The predicted molar refractivity (Wildman–Crippen MR) is 115 cm³/mol. The molecule has 1 amide bonds. The third-order valence-corrected chi connectivity index (χ3v) is 5.09. The number of carbonyl (C=O) groups excluding carboxylic acids is 1. The molecule has 31 heavy (non-hydrogen) atoms. The highest BCUT2D eigenvalue weighted by atomic mass is 32.1. The van der Waals surface area contributed by atoms with Gasteiger partial charge in [-0.3, -0.25) is 4.79 Å². The smallest absolute Gasteiger partial charge is 0.227 e. The van der Waals surface area contributed by atoms with E-state index in [0.717, 1.165) is 11.3 Å². The molecule has 9 heteroatoms. The second-order valence-corrected chi connectivity index (χ2v) is 7.42. The van der Waals surface area contributed by atoms with Gasteiger partial charge in [0.05, 0.1) is 12.3 Å². The third-order valence-electron chi connectivity index (χ3n) is 4.33. The lowest BCUT2D eigenvalue weighted by atomic mass is 10.2. The summed E-state index contributed by atoms with van der Waals surface area (Å²) < 4.78 is 24.0. The van der Waals surface area contributed by atoms with Gasteiger partial charge >= 0.3 is 0 Å². The SMILES string of the molecule is CCOc1ccc(-c2noc(CCC(=O)Nc3nc(-c4cccc(F)c4)cs3)n2)cc1. The summed E-state index contributed by atoms with van der Waals surface area (Å²) in [4.78, 5) is 20.9. The Morgan fingerprint density at radius 3 is 2.77 bits per heavy atom. The second-order valence-electron chi connectivity index (χ2n) is 6.57. The van der Waals surface area contributed by atoms with Crippen molar-refractivity contribution in [3.05, 3.63) is 65.6 Å². The van der Waals surface area contributed by atoms with Crippen molar-refractivity contribution in [1.82, 2.24) is 15.1 Å². The lowest BCUT2D eigenvalue weighted by molar-refractivity contribution is -0.116. The molecule has 0 saturated carbocycles. The minimum absolute atomic E-state index is 0.166. The van der Waals surface area contributed by atoms with Gasteiger partial charge in [0.15, 0.2) is 5.13 Å². The molecule has 0 spiro atoms. The molecule has 4 rings (SSSR count). The number of hydrogen-bond donors (Lipinski definition) is 1. The van der Waals surface area contributed by atoms with Crippen LogP contribution in [0, 0.1) is 5.82 Å². The summed E-state index contributed by atoms with van der Waals surface area (Å²) in [7, 11) is 0. The maximum absolute atomic E-state index is 13.4. The van der Waals surface area contributed by atoms with E-state index < -0.39 is 0 Å². The second kappa shape index (κ2) is 9.48. The van der Waals surface area contributed by atoms with Gasteiger partial charge in [0.2, 0.25) is 17.6 Å². The number of ether oxygens (including phenoxy) is 1. The summed E-state index contributed by atoms with van der Waals surface area (Å²) in [6.45, 7) is 2.52. The normalized spacial score (nSPS) is 10.8. The van der Waals surface area contributed by atoms with Crippen LogP contribution in [0.15, 0.2) is 58.4 Å². The summed E-state index contributed by atoms with van der Waals surface area (Å²) in [6.07, 6.45) is 0.470. The first-order chi connectivity index (χ1) is 15.1. The molecule has 0 saturated heterocycles. The van der Waals surface area contributed by atoms with E-state index in [2.05, 4.69) is 20.4 Å². The van der Waals surface area contributed by atoms with Gasteiger partial charge in [-0.15, -0.1) is 11.3 Å². The summed E-state index contributed by atoms with van der Waals surface area (Å²) in [5.41, 5.74) is 2.07. The molecule has 0 bridgehead atoms. The summed E-state index contributed by atoms with van der Waals surface area (Å²) in [5.74, 6) is 1.05. The fraction of sp³-hybridized carbons (Fsp3) is 0.182. The van der Waals surface area contributed by atoms with Crippen LogP contribution in [0.3, 0.4) is 0 Å². The Bertz CT molecular complexity index is 1170. The van der Waals surface area contributed by atoms with Gasteiger partial charge in [-0.2, -0.15) is 4.98 Å². The number of aryl methyl sites for hydroxylation is 1. The molecule has 0 fully saturated rings.